The monoisotopic (exact) mass is 258 g/mol. The Morgan fingerprint density at radius 2 is 2.11 bits per heavy atom. The molecule has 0 unspecified atom stereocenters. The predicted octanol–water partition coefficient (Wildman–Crippen LogP) is 3.91. The normalized spacial score (nSPS) is 21.3. The van der Waals surface area contributed by atoms with Crippen LogP contribution in [0.15, 0.2) is 42.0 Å². The Morgan fingerprint density at radius 3 is 2.84 bits per heavy atom. The highest BCUT2D eigenvalue weighted by molar-refractivity contribution is 5.82. The fraction of sp³-hybridized carbons (Fsp3) is 0.471. The third kappa shape index (κ3) is 4.23. The van der Waals surface area contributed by atoms with E-state index in [2.05, 4.69) is 24.3 Å². The van der Waals surface area contributed by atoms with Gasteiger partial charge in [0, 0.05) is 6.08 Å². The van der Waals surface area contributed by atoms with E-state index in [1.807, 2.05) is 13.0 Å². The van der Waals surface area contributed by atoms with Crippen LogP contribution in [-0.4, -0.2) is 12.6 Å². The van der Waals surface area contributed by atoms with Crippen LogP contribution < -0.4 is 0 Å². The summed E-state index contributed by atoms with van der Waals surface area (Å²) in [4.78, 5) is 11.6. The average Bonchev–Trinajstić information content (AvgIpc) is 2.42. The molecule has 0 spiro atoms. The number of carbonyl (C=O) groups is 1. The molecule has 0 radical (unpaired) electrons. The lowest BCUT2D eigenvalue weighted by molar-refractivity contribution is -0.137. The third-order valence-corrected chi connectivity index (χ3v) is 3.71. The van der Waals surface area contributed by atoms with Gasteiger partial charge in [0.15, 0.2) is 0 Å². The Balaban J connectivity index is 2.05. The minimum Gasteiger partial charge on any atom is -0.463 e. The van der Waals surface area contributed by atoms with E-state index < -0.39 is 0 Å². The molecule has 2 heteroatoms. The predicted molar refractivity (Wildman–Crippen MR) is 76.8 cm³/mol. The van der Waals surface area contributed by atoms with E-state index in [9.17, 15) is 4.79 Å². The third-order valence-electron chi connectivity index (χ3n) is 3.71. The van der Waals surface area contributed by atoms with Gasteiger partial charge in [0.1, 0.15) is 0 Å². The second kappa shape index (κ2) is 7.13. The molecule has 1 fully saturated rings. The standard InChI is InChI=1S/C17H22O2/c1-2-19-17(18)13-16-11-7-6-10-15(16)12-14-8-4-3-5-9-14/h3-5,8-9,13,15H,2,6-7,10-12H2,1H3/b16-13+/t15-/m0/s1. The van der Waals surface area contributed by atoms with Crippen LogP contribution >= 0.6 is 0 Å². The highest BCUT2D eigenvalue weighted by atomic mass is 16.5. The summed E-state index contributed by atoms with van der Waals surface area (Å²) < 4.78 is 5.03. The van der Waals surface area contributed by atoms with Crippen molar-refractivity contribution in [3.63, 3.8) is 0 Å². The molecule has 2 rings (SSSR count). The maximum absolute atomic E-state index is 11.6. The quantitative estimate of drug-likeness (QED) is 0.604. The van der Waals surface area contributed by atoms with Crippen molar-refractivity contribution in [3.05, 3.63) is 47.5 Å². The van der Waals surface area contributed by atoms with Crippen LogP contribution in [0.4, 0.5) is 0 Å². The molecule has 0 aromatic heterocycles. The number of benzene rings is 1. The molecule has 19 heavy (non-hydrogen) atoms. The van der Waals surface area contributed by atoms with Crippen LogP contribution in [0.1, 0.15) is 38.2 Å². The summed E-state index contributed by atoms with van der Waals surface area (Å²) in [5, 5.41) is 0. The Labute approximate surface area is 115 Å². The van der Waals surface area contributed by atoms with Crippen LogP contribution in [0.5, 0.6) is 0 Å². The lowest BCUT2D eigenvalue weighted by atomic mass is 9.80. The number of hydrogen-bond donors (Lipinski definition) is 0. The van der Waals surface area contributed by atoms with Crippen molar-refractivity contribution in [3.8, 4) is 0 Å². The second-order valence-corrected chi connectivity index (χ2v) is 5.10. The highest BCUT2D eigenvalue weighted by Gasteiger charge is 2.20. The number of carbonyl (C=O) groups excluding carboxylic acids is 1. The Bertz CT molecular complexity index is 434. The average molecular weight is 258 g/mol. The number of allylic oxidation sites excluding steroid dienone is 1. The van der Waals surface area contributed by atoms with E-state index in [4.69, 9.17) is 4.74 Å². The summed E-state index contributed by atoms with van der Waals surface area (Å²) in [5.74, 6) is 0.318. The lowest BCUT2D eigenvalue weighted by Crippen LogP contribution is -2.15. The van der Waals surface area contributed by atoms with Crippen LogP contribution in [0.25, 0.3) is 0 Å². The van der Waals surface area contributed by atoms with E-state index in [1.54, 1.807) is 6.08 Å². The van der Waals surface area contributed by atoms with E-state index in [-0.39, 0.29) is 5.97 Å². The first-order valence-electron chi connectivity index (χ1n) is 7.20. The van der Waals surface area contributed by atoms with Gasteiger partial charge in [0.2, 0.25) is 0 Å². The SMILES string of the molecule is CCOC(=O)/C=C1\CCCC[C@H]1Cc1ccccc1. The Hall–Kier alpha value is -1.57. The number of hydrogen-bond acceptors (Lipinski definition) is 2. The second-order valence-electron chi connectivity index (χ2n) is 5.10. The molecule has 1 aromatic carbocycles. The summed E-state index contributed by atoms with van der Waals surface area (Å²) >= 11 is 0. The van der Waals surface area contributed by atoms with Gasteiger partial charge in [-0.15, -0.1) is 0 Å². The molecule has 0 saturated heterocycles. The molecule has 1 aliphatic rings. The largest absolute Gasteiger partial charge is 0.463 e. The van der Waals surface area contributed by atoms with Crippen LogP contribution in [-0.2, 0) is 16.0 Å². The molecular formula is C17H22O2. The van der Waals surface area contributed by atoms with Crippen LogP contribution in [0, 0.1) is 5.92 Å². The summed E-state index contributed by atoms with van der Waals surface area (Å²) in [7, 11) is 0. The first-order valence-corrected chi connectivity index (χ1v) is 7.20. The maximum Gasteiger partial charge on any atom is 0.330 e. The van der Waals surface area contributed by atoms with Crippen molar-refractivity contribution in [2.75, 3.05) is 6.61 Å². The molecule has 1 atom stereocenters. The number of rotatable bonds is 4. The van der Waals surface area contributed by atoms with Gasteiger partial charge < -0.3 is 4.74 Å². The summed E-state index contributed by atoms with van der Waals surface area (Å²) in [5.41, 5.74) is 2.62. The molecule has 0 amide bonds. The first kappa shape index (κ1) is 13.9. The van der Waals surface area contributed by atoms with Crippen LogP contribution in [0.2, 0.25) is 0 Å². The smallest absolute Gasteiger partial charge is 0.330 e. The summed E-state index contributed by atoms with van der Waals surface area (Å²) in [6, 6.07) is 10.5. The van der Waals surface area contributed by atoms with Gasteiger partial charge in [-0.2, -0.15) is 0 Å². The van der Waals surface area contributed by atoms with Crippen molar-refractivity contribution >= 4 is 5.97 Å². The summed E-state index contributed by atoms with van der Waals surface area (Å²) in [6.45, 7) is 2.30. The zero-order valence-electron chi connectivity index (χ0n) is 11.6. The van der Waals surface area contributed by atoms with Gasteiger partial charge in [0.25, 0.3) is 0 Å². The van der Waals surface area contributed by atoms with Gasteiger partial charge in [-0.1, -0.05) is 42.3 Å². The van der Waals surface area contributed by atoms with Gasteiger partial charge in [-0.25, -0.2) is 4.79 Å². The molecule has 1 saturated carbocycles. The molecule has 1 aromatic rings. The fourth-order valence-electron chi connectivity index (χ4n) is 2.77. The minimum atomic E-state index is -0.183. The molecule has 0 N–H and O–H groups in total. The topological polar surface area (TPSA) is 26.3 Å². The number of esters is 1. The summed E-state index contributed by atoms with van der Waals surface area (Å²) in [6.07, 6.45) is 7.44. The molecular weight excluding hydrogens is 236 g/mol. The molecule has 1 aliphatic carbocycles. The lowest BCUT2D eigenvalue weighted by Gasteiger charge is -2.25. The Kier molecular flexibility index (Phi) is 5.20. The van der Waals surface area contributed by atoms with Gasteiger partial charge >= 0.3 is 5.97 Å². The van der Waals surface area contributed by atoms with Crippen molar-refractivity contribution < 1.29 is 9.53 Å². The van der Waals surface area contributed by atoms with Gasteiger partial charge in [0.05, 0.1) is 6.61 Å². The van der Waals surface area contributed by atoms with E-state index in [0.29, 0.717) is 12.5 Å². The maximum atomic E-state index is 11.6. The van der Waals surface area contributed by atoms with Gasteiger partial charge in [-0.3, -0.25) is 0 Å². The zero-order chi connectivity index (χ0) is 13.5. The van der Waals surface area contributed by atoms with Crippen molar-refractivity contribution in [2.45, 2.75) is 39.0 Å². The molecule has 102 valence electrons. The molecule has 0 bridgehead atoms. The molecule has 0 heterocycles. The first-order chi connectivity index (χ1) is 9.29. The van der Waals surface area contributed by atoms with E-state index >= 15 is 0 Å². The fourth-order valence-corrected chi connectivity index (χ4v) is 2.77. The van der Waals surface area contributed by atoms with Crippen molar-refractivity contribution in [1.29, 1.82) is 0 Å². The van der Waals surface area contributed by atoms with Crippen LogP contribution in [0.3, 0.4) is 0 Å². The zero-order valence-corrected chi connectivity index (χ0v) is 11.6. The highest BCUT2D eigenvalue weighted by Crippen LogP contribution is 2.32. The molecule has 2 nitrogen and oxygen atoms in total. The van der Waals surface area contributed by atoms with Crippen molar-refractivity contribution in [2.24, 2.45) is 5.92 Å². The molecule has 0 aliphatic heterocycles. The van der Waals surface area contributed by atoms with E-state index in [0.717, 1.165) is 12.8 Å². The van der Waals surface area contributed by atoms with E-state index in [1.165, 1.54) is 30.4 Å². The number of ether oxygens (including phenoxy) is 1. The minimum absolute atomic E-state index is 0.183. The Morgan fingerprint density at radius 1 is 1.32 bits per heavy atom. The van der Waals surface area contributed by atoms with Crippen molar-refractivity contribution in [1.82, 2.24) is 0 Å². The van der Waals surface area contributed by atoms with Gasteiger partial charge in [-0.05, 0) is 44.1 Å².